The Balaban J connectivity index is 1.42. The first-order chi connectivity index (χ1) is 15.3. The van der Waals surface area contributed by atoms with Gasteiger partial charge in [-0.05, 0) is 17.7 Å². The third-order valence-electron chi connectivity index (χ3n) is 4.76. The molecule has 0 bridgehead atoms. The molecule has 0 aliphatic carbocycles. The smallest absolute Gasteiger partial charge is 0.288 e. The number of rotatable bonds is 7. The molecule has 0 unspecified atom stereocenters. The van der Waals surface area contributed by atoms with Gasteiger partial charge < -0.3 is 5.32 Å². The van der Waals surface area contributed by atoms with Crippen LogP contribution in [0.1, 0.15) is 0 Å². The van der Waals surface area contributed by atoms with Crippen molar-refractivity contribution in [1.29, 1.82) is 0 Å². The zero-order valence-electron chi connectivity index (χ0n) is 16.8. The summed E-state index contributed by atoms with van der Waals surface area (Å²) in [5.41, 5.74) is 1.17. The lowest BCUT2D eigenvalue weighted by Crippen LogP contribution is -2.38. The number of benzene rings is 1. The van der Waals surface area contributed by atoms with E-state index in [1.165, 1.54) is 28.0 Å². The molecule has 2 aromatic heterocycles. The molecule has 3 aromatic rings. The fourth-order valence-corrected chi connectivity index (χ4v) is 5.65. The average Bonchev–Trinajstić information content (AvgIpc) is 3.34. The Hall–Kier alpha value is -2.70. The van der Waals surface area contributed by atoms with Crippen molar-refractivity contribution in [3.8, 4) is 11.1 Å². The third-order valence-corrected chi connectivity index (χ3v) is 7.52. The number of amides is 3. The highest BCUT2D eigenvalue weighted by molar-refractivity contribution is 8.14. The maximum atomic E-state index is 13.2. The van der Waals surface area contributed by atoms with Gasteiger partial charge in [0.15, 0.2) is 5.16 Å². The number of hydrogen-bond donors (Lipinski definition) is 1. The van der Waals surface area contributed by atoms with Crippen molar-refractivity contribution in [3.63, 3.8) is 0 Å². The fraction of sp³-hybridized carbons (Fsp3) is 0.250. The molecule has 0 saturated carbocycles. The van der Waals surface area contributed by atoms with Crippen LogP contribution in [-0.4, -0.2) is 56.1 Å². The molecular weight excluding hydrogens is 475 g/mol. The van der Waals surface area contributed by atoms with Crippen LogP contribution in [0.15, 0.2) is 39.6 Å². The molecule has 8 nitrogen and oxygen atoms in total. The van der Waals surface area contributed by atoms with Crippen molar-refractivity contribution in [2.45, 2.75) is 5.16 Å². The van der Waals surface area contributed by atoms with Crippen LogP contribution in [0, 0.1) is 5.82 Å². The van der Waals surface area contributed by atoms with Gasteiger partial charge in [-0.2, -0.15) is 0 Å². The molecule has 1 saturated heterocycles. The topological polar surface area (TPSA) is 101 Å². The molecule has 1 aliphatic rings. The summed E-state index contributed by atoms with van der Waals surface area (Å²) in [7, 11) is 1.59. The first-order valence-corrected chi connectivity index (χ1v) is 12.3. The van der Waals surface area contributed by atoms with Gasteiger partial charge in [0.05, 0.1) is 16.9 Å². The van der Waals surface area contributed by atoms with Crippen LogP contribution in [-0.2, 0) is 16.6 Å². The standard InChI is InChI=1S/C20H17FN4O4S3/c1-24-18(28)16-13(11-2-4-12(21)5-3-11)8-30-17(16)23-19(24)31-9-14(26)22-6-7-25-15(27)10-32-20(25)29/h2-5,8H,6-7,9-10H2,1H3,(H,22,26). The lowest BCUT2D eigenvalue weighted by Gasteiger charge is -2.13. The number of carbonyl (C=O) groups excluding carboxylic acids is 3. The number of nitrogens with one attached hydrogen (secondary N) is 1. The van der Waals surface area contributed by atoms with Crippen LogP contribution in [0.2, 0.25) is 0 Å². The normalized spacial score (nSPS) is 13.9. The van der Waals surface area contributed by atoms with Crippen LogP contribution in [0.3, 0.4) is 0 Å². The number of halogens is 1. The Morgan fingerprint density at radius 3 is 2.69 bits per heavy atom. The molecule has 0 spiro atoms. The first kappa shape index (κ1) is 22.5. The Morgan fingerprint density at radius 1 is 1.25 bits per heavy atom. The molecular formula is C20H17FN4O4S3. The van der Waals surface area contributed by atoms with Crippen molar-refractivity contribution in [3.05, 3.63) is 45.8 Å². The molecule has 1 aliphatic heterocycles. The lowest BCUT2D eigenvalue weighted by atomic mass is 10.1. The van der Waals surface area contributed by atoms with E-state index in [-0.39, 0.29) is 53.0 Å². The molecule has 1 aromatic carbocycles. The van der Waals surface area contributed by atoms with Crippen LogP contribution in [0.5, 0.6) is 0 Å². The summed E-state index contributed by atoms with van der Waals surface area (Å²) in [4.78, 5) is 54.4. The monoisotopic (exact) mass is 492 g/mol. The number of fused-ring (bicyclic) bond motifs is 1. The molecule has 32 heavy (non-hydrogen) atoms. The zero-order chi connectivity index (χ0) is 22.8. The second-order valence-electron chi connectivity index (χ2n) is 6.83. The number of hydrogen-bond acceptors (Lipinski definition) is 8. The van der Waals surface area contributed by atoms with Gasteiger partial charge in [0, 0.05) is 31.1 Å². The summed E-state index contributed by atoms with van der Waals surface area (Å²) in [5.74, 6) is -0.746. The predicted molar refractivity (Wildman–Crippen MR) is 124 cm³/mol. The van der Waals surface area contributed by atoms with Crippen molar-refractivity contribution in [2.75, 3.05) is 24.6 Å². The van der Waals surface area contributed by atoms with Gasteiger partial charge in [-0.3, -0.25) is 28.6 Å². The van der Waals surface area contributed by atoms with Gasteiger partial charge in [0.2, 0.25) is 11.8 Å². The van der Waals surface area contributed by atoms with Crippen LogP contribution >= 0.6 is 34.9 Å². The number of imide groups is 1. The van der Waals surface area contributed by atoms with E-state index in [0.29, 0.717) is 20.9 Å². The van der Waals surface area contributed by atoms with Crippen molar-refractivity contribution < 1.29 is 18.8 Å². The summed E-state index contributed by atoms with van der Waals surface area (Å²) in [6.45, 7) is 0.292. The summed E-state index contributed by atoms with van der Waals surface area (Å²) in [5, 5.41) is 5.02. The summed E-state index contributed by atoms with van der Waals surface area (Å²) in [6, 6.07) is 5.92. The van der Waals surface area contributed by atoms with E-state index in [1.807, 2.05) is 5.38 Å². The summed E-state index contributed by atoms with van der Waals surface area (Å²) >= 11 is 3.38. The highest BCUT2D eigenvalue weighted by atomic mass is 32.2. The Labute approximate surface area is 194 Å². The van der Waals surface area contributed by atoms with Crippen molar-refractivity contribution in [1.82, 2.24) is 19.8 Å². The fourth-order valence-electron chi connectivity index (χ4n) is 3.11. The molecule has 166 valence electrons. The number of nitrogens with zero attached hydrogens (tertiary/aromatic N) is 3. The number of carbonyl (C=O) groups is 3. The van der Waals surface area contributed by atoms with Crippen molar-refractivity contribution >= 4 is 62.1 Å². The van der Waals surface area contributed by atoms with Crippen molar-refractivity contribution in [2.24, 2.45) is 7.05 Å². The SMILES string of the molecule is Cn1c(SCC(=O)NCCN2C(=O)CSC2=O)nc2scc(-c3ccc(F)cc3)c2c1=O. The number of thioether (sulfide) groups is 2. The number of aromatic nitrogens is 2. The minimum atomic E-state index is -0.353. The maximum absolute atomic E-state index is 13.2. The second-order valence-corrected chi connectivity index (χ2v) is 9.56. The molecule has 0 radical (unpaired) electrons. The van der Waals surface area contributed by atoms with Gasteiger partial charge in [0.25, 0.3) is 10.8 Å². The van der Waals surface area contributed by atoms with E-state index in [4.69, 9.17) is 0 Å². The quantitative estimate of drug-likeness (QED) is 0.400. The molecule has 1 N–H and O–H groups in total. The largest absolute Gasteiger partial charge is 0.354 e. The Bertz CT molecular complexity index is 1260. The average molecular weight is 493 g/mol. The Kier molecular flexibility index (Phi) is 6.63. The van der Waals surface area contributed by atoms with E-state index in [0.717, 1.165) is 34.0 Å². The predicted octanol–water partition coefficient (Wildman–Crippen LogP) is 2.70. The van der Waals surface area contributed by atoms with Gasteiger partial charge in [-0.25, -0.2) is 9.37 Å². The highest BCUT2D eigenvalue weighted by Crippen LogP contribution is 2.32. The van der Waals surface area contributed by atoms with E-state index in [9.17, 15) is 23.6 Å². The van der Waals surface area contributed by atoms with Crippen LogP contribution in [0.25, 0.3) is 21.3 Å². The minimum absolute atomic E-state index is 0.0264. The van der Waals surface area contributed by atoms with Gasteiger partial charge in [0.1, 0.15) is 10.6 Å². The molecule has 12 heteroatoms. The molecule has 3 amide bonds. The summed E-state index contributed by atoms with van der Waals surface area (Å²) in [6.07, 6.45) is 0. The van der Waals surface area contributed by atoms with E-state index >= 15 is 0 Å². The maximum Gasteiger partial charge on any atom is 0.288 e. The lowest BCUT2D eigenvalue weighted by molar-refractivity contribution is -0.125. The van der Waals surface area contributed by atoms with Gasteiger partial charge >= 0.3 is 0 Å². The van der Waals surface area contributed by atoms with Crippen LogP contribution in [0.4, 0.5) is 9.18 Å². The summed E-state index contributed by atoms with van der Waals surface area (Å²) < 4.78 is 14.6. The molecule has 1 fully saturated rings. The van der Waals surface area contributed by atoms with E-state index in [1.54, 1.807) is 19.2 Å². The van der Waals surface area contributed by atoms with E-state index in [2.05, 4.69) is 10.3 Å². The van der Waals surface area contributed by atoms with Crippen LogP contribution < -0.4 is 10.9 Å². The zero-order valence-corrected chi connectivity index (χ0v) is 19.2. The number of thiophene rings is 1. The highest BCUT2D eigenvalue weighted by Gasteiger charge is 2.29. The minimum Gasteiger partial charge on any atom is -0.354 e. The molecule has 0 atom stereocenters. The molecule has 3 heterocycles. The Morgan fingerprint density at radius 2 is 2.00 bits per heavy atom. The van der Waals surface area contributed by atoms with Gasteiger partial charge in [-0.15, -0.1) is 11.3 Å². The van der Waals surface area contributed by atoms with Gasteiger partial charge in [-0.1, -0.05) is 35.7 Å². The molecule has 4 rings (SSSR count). The second kappa shape index (κ2) is 9.43. The van der Waals surface area contributed by atoms with E-state index < -0.39 is 0 Å². The third kappa shape index (κ3) is 4.57. The first-order valence-electron chi connectivity index (χ1n) is 9.46.